The first-order chi connectivity index (χ1) is 10.9. The highest BCUT2D eigenvalue weighted by molar-refractivity contribution is 6.30. The predicted octanol–water partition coefficient (Wildman–Crippen LogP) is 3.87. The van der Waals surface area contributed by atoms with Crippen LogP contribution < -0.4 is 10.1 Å². The number of carbonyl (C=O) groups excluding carboxylic acids is 1. The summed E-state index contributed by atoms with van der Waals surface area (Å²) >= 11 is 5.84. The predicted molar refractivity (Wildman–Crippen MR) is 90.8 cm³/mol. The minimum absolute atomic E-state index is 0.104. The summed E-state index contributed by atoms with van der Waals surface area (Å²) in [6.07, 6.45) is 0.434. The highest BCUT2D eigenvalue weighted by Gasteiger charge is 2.22. The van der Waals surface area contributed by atoms with Gasteiger partial charge >= 0.3 is 0 Å². The first-order valence-corrected chi connectivity index (χ1v) is 7.75. The second kappa shape index (κ2) is 7.49. The summed E-state index contributed by atoms with van der Waals surface area (Å²) in [5, 5.41) is 13.8. The molecule has 0 aromatic heterocycles. The SMILES string of the molecule is CC(=O)NCCC(C)(O)c1ccc(Oc2ccc(Cl)cc2)cc1. The molecule has 122 valence electrons. The van der Waals surface area contributed by atoms with Gasteiger partial charge in [0.1, 0.15) is 11.5 Å². The molecule has 0 radical (unpaired) electrons. The second-order valence-corrected chi connectivity index (χ2v) is 6.02. The van der Waals surface area contributed by atoms with Gasteiger partial charge in [-0.2, -0.15) is 0 Å². The lowest BCUT2D eigenvalue weighted by Gasteiger charge is -2.24. The Kier molecular flexibility index (Phi) is 5.64. The molecule has 0 aliphatic heterocycles. The van der Waals surface area contributed by atoms with Crippen LogP contribution in [-0.2, 0) is 10.4 Å². The minimum Gasteiger partial charge on any atom is -0.457 e. The largest absolute Gasteiger partial charge is 0.457 e. The van der Waals surface area contributed by atoms with Crippen LogP contribution >= 0.6 is 11.6 Å². The van der Waals surface area contributed by atoms with E-state index in [9.17, 15) is 9.90 Å². The third-order valence-corrected chi connectivity index (χ3v) is 3.76. The molecule has 2 aromatic rings. The summed E-state index contributed by atoms with van der Waals surface area (Å²) in [5.41, 5.74) is -0.243. The normalized spacial score (nSPS) is 13.2. The number of hydrogen-bond donors (Lipinski definition) is 2. The van der Waals surface area contributed by atoms with Crippen molar-refractivity contribution in [3.8, 4) is 11.5 Å². The van der Waals surface area contributed by atoms with Gasteiger partial charge in [0.05, 0.1) is 5.60 Å². The van der Waals surface area contributed by atoms with E-state index in [2.05, 4.69) is 5.32 Å². The minimum atomic E-state index is -1.01. The zero-order valence-corrected chi connectivity index (χ0v) is 13.9. The molecule has 0 saturated heterocycles. The Morgan fingerprint density at radius 1 is 1.13 bits per heavy atom. The summed E-state index contributed by atoms with van der Waals surface area (Å²) in [7, 11) is 0. The van der Waals surface area contributed by atoms with Gasteiger partial charge in [0.25, 0.3) is 0 Å². The van der Waals surface area contributed by atoms with E-state index in [1.54, 1.807) is 43.3 Å². The molecule has 0 saturated carbocycles. The molecule has 0 fully saturated rings. The van der Waals surface area contributed by atoms with Crippen molar-refractivity contribution in [2.75, 3.05) is 6.54 Å². The smallest absolute Gasteiger partial charge is 0.216 e. The van der Waals surface area contributed by atoms with Crippen LogP contribution in [-0.4, -0.2) is 17.6 Å². The number of carbonyl (C=O) groups is 1. The summed E-state index contributed by atoms with van der Waals surface area (Å²) in [6.45, 7) is 3.60. The molecule has 0 aliphatic carbocycles. The Balaban J connectivity index is 2.00. The molecule has 1 unspecified atom stereocenters. The van der Waals surface area contributed by atoms with Crippen LogP contribution in [0.1, 0.15) is 25.8 Å². The number of nitrogens with one attached hydrogen (secondary N) is 1. The maximum atomic E-state index is 10.9. The van der Waals surface area contributed by atoms with Gasteiger partial charge in [-0.15, -0.1) is 0 Å². The fraction of sp³-hybridized carbons (Fsp3) is 0.278. The van der Waals surface area contributed by atoms with Gasteiger partial charge in [-0.3, -0.25) is 4.79 Å². The fourth-order valence-corrected chi connectivity index (χ4v) is 2.27. The van der Waals surface area contributed by atoms with Crippen LogP contribution in [0.4, 0.5) is 0 Å². The molecule has 0 aliphatic rings. The number of hydrogen-bond acceptors (Lipinski definition) is 3. The van der Waals surface area contributed by atoms with Crippen LogP contribution in [0.3, 0.4) is 0 Å². The monoisotopic (exact) mass is 333 g/mol. The van der Waals surface area contributed by atoms with E-state index in [1.165, 1.54) is 6.92 Å². The summed E-state index contributed by atoms with van der Waals surface area (Å²) in [5.74, 6) is 1.26. The highest BCUT2D eigenvalue weighted by atomic mass is 35.5. The number of benzene rings is 2. The Bertz CT molecular complexity index is 651. The summed E-state index contributed by atoms with van der Waals surface area (Å²) < 4.78 is 5.72. The van der Waals surface area contributed by atoms with Crippen molar-refractivity contribution in [1.82, 2.24) is 5.32 Å². The van der Waals surface area contributed by atoms with Crippen molar-refractivity contribution in [2.45, 2.75) is 25.9 Å². The average molecular weight is 334 g/mol. The molecule has 2 rings (SSSR count). The number of rotatable bonds is 6. The van der Waals surface area contributed by atoms with E-state index in [0.717, 1.165) is 5.56 Å². The summed E-state index contributed by atoms with van der Waals surface area (Å²) in [4.78, 5) is 10.9. The van der Waals surface area contributed by atoms with Gasteiger partial charge in [-0.05, 0) is 55.3 Å². The number of ether oxygens (including phenoxy) is 1. The zero-order valence-electron chi connectivity index (χ0n) is 13.2. The van der Waals surface area contributed by atoms with Crippen LogP contribution in [0.5, 0.6) is 11.5 Å². The lowest BCUT2D eigenvalue weighted by Crippen LogP contribution is -2.29. The van der Waals surface area contributed by atoms with Crippen molar-refractivity contribution in [3.05, 3.63) is 59.1 Å². The molecule has 1 atom stereocenters. The quantitative estimate of drug-likeness (QED) is 0.843. The summed E-state index contributed by atoms with van der Waals surface area (Å²) in [6, 6.07) is 14.3. The Hall–Kier alpha value is -2.04. The number of halogens is 1. The third kappa shape index (κ3) is 5.27. The maximum absolute atomic E-state index is 10.9. The first kappa shape index (κ1) is 17.3. The van der Waals surface area contributed by atoms with E-state index < -0.39 is 5.60 Å². The Labute approximate surface area is 141 Å². The van der Waals surface area contributed by atoms with Gasteiger partial charge in [-0.25, -0.2) is 0 Å². The van der Waals surface area contributed by atoms with Gasteiger partial charge in [0.15, 0.2) is 0 Å². The van der Waals surface area contributed by atoms with Crippen molar-refractivity contribution in [1.29, 1.82) is 0 Å². The molecule has 0 bridgehead atoms. The van der Waals surface area contributed by atoms with Gasteiger partial charge < -0.3 is 15.2 Å². The lowest BCUT2D eigenvalue weighted by atomic mass is 9.92. The van der Waals surface area contributed by atoms with E-state index in [1.807, 2.05) is 12.1 Å². The molecule has 1 amide bonds. The molecule has 23 heavy (non-hydrogen) atoms. The molecule has 4 nitrogen and oxygen atoms in total. The molecule has 2 N–H and O–H groups in total. The van der Waals surface area contributed by atoms with Gasteiger partial charge in [0, 0.05) is 18.5 Å². The molecule has 0 heterocycles. The molecule has 2 aromatic carbocycles. The van der Waals surface area contributed by atoms with Crippen molar-refractivity contribution >= 4 is 17.5 Å². The Morgan fingerprint density at radius 3 is 2.17 bits per heavy atom. The zero-order chi connectivity index (χ0) is 16.9. The highest BCUT2D eigenvalue weighted by Crippen LogP contribution is 2.28. The third-order valence-electron chi connectivity index (χ3n) is 3.51. The van der Waals surface area contributed by atoms with Gasteiger partial charge in [0.2, 0.25) is 5.91 Å². The van der Waals surface area contributed by atoms with E-state index in [4.69, 9.17) is 16.3 Å². The number of amides is 1. The van der Waals surface area contributed by atoms with Crippen LogP contribution in [0.2, 0.25) is 5.02 Å². The Morgan fingerprint density at radius 2 is 1.65 bits per heavy atom. The van der Waals surface area contributed by atoms with Crippen LogP contribution in [0.25, 0.3) is 0 Å². The van der Waals surface area contributed by atoms with Crippen LogP contribution in [0.15, 0.2) is 48.5 Å². The lowest BCUT2D eigenvalue weighted by molar-refractivity contribution is -0.119. The molecule has 0 spiro atoms. The standard InChI is InChI=1S/C18H20ClNO3/c1-13(21)20-12-11-18(2,22)14-3-7-16(8-4-14)23-17-9-5-15(19)6-10-17/h3-10,22H,11-12H2,1-2H3,(H,20,21). The maximum Gasteiger partial charge on any atom is 0.216 e. The van der Waals surface area contributed by atoms with Crippen molar-refractivity contribution in [2.24, 2.45) is 0 Å². The van der Waals surface area contributed by atoms with Crippen molar-refractivity contribution < 1.29 is 14.6 Å². The molecular formula is C18H20ClNO3. The fourth-order valence-electron chi connectivity index (χ4n) is 2.15. The molecule has 5 heteroatoms. The first-order valence-electron chi connectivity index (χ1n) is 7.37. The second-order valence-electron chi connectivity index (χ2n) is 5.59. The van der Waals surface area contributed by atoms with Gasteiger partial charge in [-0.1, -0.05) is 23.7 Å². The topological polar surface area (TPSA) is 58.6 Å². The van der Waals surface area contributed by atoms with E-state index in [-0.39, 0.29) is 5.91 Å². The van der Waals surface area contributed by atoms with E-state index >= 15 is 0 Å². The van der Waals surface area contributed by atoms with Crippen LogP contribution in [0, 0.1) is 0 Å². The van der Waals surface area contributed by atoms with Crippen molar-refractivity contribution in [3.63, 3.8) is 0 Å². The molecular weight excluding hydrogens is 314 g/mol. The number of aliphatic hydroxyl groups is 1. The van der Waals surface area contributed by atoms with E-state index in [0.29, 0.717) is 29.5 Å². The average Bonchev–Trinajstić information content (AvgIpc) is 2.49.